The highest BCUT2D eigenvalue weighted by molar-refractivity contribution is 7.79. The summed E-state index contributed by atoms with van der Waals surface area (Å²) in [5, 5.41) is 9.13. The molecule has 198 valence electrons. The predicted molar refractivity (Wildman–Crippen MR) is 178 cm³/mol. The van der Waals surface area contributed by atoms with E-state index in [0.29, 0.717) is 0 Å². The fourth-order valence-electron chi connectivity index (χ4n) is 6.36. The Bertz CT molecular complexity index is 2050. The molecule has 41 heavy (non-hydrogen) atoms. The van der Waals surface area contributed by atoms with Gasteiger partial charge in [-0.2, -0.15) is 0 Å². The van der Waals surface area contributed by atoms with E-state index < -0.39 is 7.14 Å². The van der Waals surface area contributed by atoms with Gasteiger partial charge in [0.2, 0.25) is 0 Å². The van der Waals surface area contributed by atoms with E-state index in [1.54, 1.807) is 0 Å². The normalized spacial score (nSPS) is 13.1. The zero-order valence-electron chi connectivity index (χ0n) is 23.3. The Balaban J connectivity index is 1.52. The second kappa shape index (κ2) is 10.2. The van der Waals surface area contributed by atoms with Gasteiger partial charge < -0.3 is 4.57 Å². The van der Waals surface area contributed by atoms with Gasteiger partial charge in [-0.15, -0.1) is 0 Å². The molecule has 0 bridgehead atoms. The first-order valence-electron chi connectivity index (χ1n) is 14.2. The summed E-state index contributed by atoms with van der Waals surface area (Å²) in [4.78, 5) is 0. The first kappa shape index (κ1) is 25.5. The molecule has 0 saturated heterocycles. The molecule has 1 atom stereocenters. The smallest absolute Gasteiger partial charge is 0.145 e. The van der Waals surface area contributed by atoms with Crippen LogP contribution in [-0.4, -0.2) is 5.66 Å². The molecule has 2 heteroatoms. The van der Waals surface area contributed by atoms with E-state index in [1.165, 1.54) is 49.0 Å². The second-order valence-corrected chi connectivity index (χ2v) is 14.4. The van der Waals surface area contributed by atoms with Crippen molar-refractivity contribution in [3.63, 3.8) is 0 Å². The van der Waals surface area contributed by atoms with Crippen molar-refractivity contribution in [2.45, 2.75) is 19.5 Å². The van der Waals surface area contributed by atoms with Crippen LogP contribution in [0.1, 0.15) is 13.8 Å². The average Bonchev–Trinajstić information content (AvgIpc) is 3.03. The van der Waals surface area contributed by atoms with Gasteiger partial charge in [-0.1, -0.05) is 147 Å². The molecule has 7 aromatic rings. The van der Waals surface area contributed by atoms with Gasteiger partial charge in [-0.05, 0) is 66.7 Å². The maximum absolute atomic E-state index is 14.8. The number of benzene rings is 7. The molecule has 1 unspecified atom stereocenters. The minimum absolute atomic E-state index is 0.0103. The zero-order chi connectivity index (χ0) is 28.0. The molecule has 7 rings (SSSR count). The Morgan fingerprint density at radius 3 is 1.51 bits per heavy atom. The molecular formula is C39H31OP. The third kappa shape index (κ3) is 4.21. The first-order chi connectivity index (χ1) is 20.1. The molecule has 0 heterocycles. The van der Waals surface area contributed by atoms with Gasteiger partial charge in [-0.3, -0.25) is 0 Å². The Kier molecular flexibility index (Phi) is 6.34. The van der Waals surface area contributed by atoms with Crippen molar-refractivity contribution in [1.82, 2.24) is 0 Å². The van der Waals surface area contributed by atoms with Crippen LogP contribution in [0.3, 0.4) is 0 Å². The van der Waals surface area contributed by atoms with Crippen molar-refractivity contribution in [3.05, 3.63) is 146 Å². The van der Waals surface area contributed by atoms with Crippen LogP contribution in [0.25, 0.3) is 54.6 Å². The monoisotopic (exact) mass is 546 g/mol. The van der Waals surface area contributed by atoms with Gasteiger partial charge in [-0.25, -0.2) is 0 Å². The van der Waals surface area contributed by atoms with Crippen LogP contribution in [0.5, 0.6) is 0 Å². The maximum atomic E-state index is 14.8. The van der Waals surface area contributed by atoms with E-state index in [1.807, 2.05) is 36.4 Å². The summed E-state index contributed by atoms with van der Waals surface area (Å²) in [6, 6.07) is 51.2. The Labute approximate surface area is 241 Å². The summed E-state index contributed by atoms with van der Waals surface area (Å²) in [6.07, 6.45) is 0. The van der Waals surface area contributed by atoms with Gasteiger partial charge in [0.05, 0.1) is 0 Å². The van der Waals surface area contributed by atoms with E-state index >= 15 is 0 Å². The van der Waals surface area contributed by atoms with Gasteiger partial charge >= 0.3 is 0 Å². The molecule has 0 aliphatic heterocycles. The lowest BCUT2D eigenvalue weighted by atomic mass is 9.85. The van der Waals surface area contributed by atoms with Crippen LogP contribution in [-0.2, 0) is 4.57 Å². The molecule has 0 spiro atoms. The lowest BCUT2D eigenvalue weighted by Gasteiger charge is -2.24. The average molecular weight is 547 g/mol. The lowest BCUT2D eigenvalue weighted by Crippen LogP contribution is -2.22. The molecule has 1 nitrogen and oxygen atoms in total. The van der Waals surface area contributed by atoms with Crippen molar-refractivity contribution >= 4 is 50.1 Å². The highest BCUT2D eigenvalue weighted by Crippen LogP contribution is 2.50. The highest BCUT2D eigenvalue weighted by atomic mass is 31.2. The number of hydrogen-bond donors (Lipinski definition) is 0. The maximum Gasteiger partial charge on any atom is 0.145 e. The molecule has 0 aliphatic rings. The lowest BCUT2D eigenvalue weighted by molar-refractivity contribution is 0.581. The second-order valence-electron chi connectivity index (χ2n) is 11.0. The first-order valence-corrected chi connectivity index (χ1v) is 16.0. The number of fused-ring (bicyclic) bond motifs is 3. The molecule has 0 aliphatic carbocycles. The van der Waals surface area contributed by atoms with Crippen LogP contribution >= 0.6 is 7.14 Å². The van der Waals surface area contributed by atoms with E-state index in [4.69, 9.17) is 0 Å². The Morgan fingerprint density at radius 2 is 0.927 bits per heavy atom. The summed E-state index contributed by atoms with van der Waals surface area (Å²) in [5.74, 6) is 0. The summed E-state index contributed by atoms with van der Waals surface area (Å²) in [5.41, 5.74) is 4.73. The van der Waals surface area contributed by atoms with Crippen LogP contribution < -0.4 is 10.6 Å². The minimum atomic E-state index is -2.84. The van der Waals surface area contributed by atoms with E-state index in [9.17, 15) is 4.57 Å². The van der Waals surface area contributed by atoms with Crippen LogP contribution in [0.2, 0.25) is 0 Å². The topological polar surface area (TPSA) is 17.1 Å². The van der Waals surface area contributed by atoms with Crippen molar-refractivity contribution in [3.8, 4) is 22.3 Å². The number of hydrogen-bond acceptors (Lipinski definition) is 1. The quantitative estimate of drug-likeness (QED) is 0.155. The van der Waals surface area contributed by atoms with Gasteiger partial charge in [0, 0.05) is 16.3 Å². The van der Waals surface area contributed by atoms with Crippen LogP contribution in [0, 0.1) is 0 Å². The standard InChI is InChI=1S/C39H31OP/c1-27(2)41(40,32-16-4-3-5-17-32)33-18-12-15-30(26-33)38-34-19-8-10-21-36(34)39(37-22-11-9-20-35(37)38)31-24-23-28-13-6-7-14-29(28)25-31/h3-27H,1-2H3. The molecule has 0 N–H and O–H groups in total. The van der Waals surface area contributed by atoms with E-state index in [0.717, 1.165) is 16.2 Å². The van der Waals surface area contributed by atoms with Gasteiger partial charge in [0.1, 0.15) is 7.14 Å². The van der Waals surface area contributed by atoms with Crippen LogP contribution in [0.4, 0.5) is 0 Å². The fourth-order valence-corrected chi connectivity index (χ4v) is 9.10. The van der Waals surface area contributed by atoms with Crippen LogP contribution in [0.15, 0.2) is 146 Å². The summed E-state index contributed by atoms with van der Waals surface area (Å²) in [6.45, 7) is 4.15. The largest absolute Gasteiger partial charge is 0.313 e. The molecule has 0 fully saturated rings. The fraction of sp³-hybridized carbons (Fsp3) is 0.0769. The molecular weight excluding hydrogens is 515 g/mol. The molecule has 0 amide bonds. The summed E-state index contributed by atoms with van der Waals surface area (Å²) in [7, 11) is -2.84. The number of rotatable bonds is 5. The molecule has 0 aromatic heterocycles. The van der Waals surface area contributed by atoms with Gasteiger partial charge in [0.25, 0.3) is 0 Å². The predicted octanol–water partition coefficient (Wildman–Crippen LogP) is 10.2. The molecule has 0 saturated carbocycles. The summed E-state index contributed by atoms with van der Waals surface area (Å²) >= 11 is 0. The SMILES string of the molecule is CC(C)P(=O)(c1ccccc1)c1cccc(-c2c3ccccc3c(-c3ccc4ccccc4c3)c3ccccc23)c1. The van der Waals surface area contributed by atoms with Crippen molar-refractivity contribution in [2.75, 3.05) is 0 Å². The van der Waals surface area contributed by atoms with E-state index in [-0.39, 0.29) is 5.66 Å². The Morgan fingerprint density at radius 1 is 0.439 bits per heavy atom. The van der Waals surface area contributed by atoms with E-state index in [2.05, 4.69) is 123 Å². The molecule has 7 aromatic carbocycles. The Hall–Kier alpha value is -4.45. The molecule has 0 radical (unpaired) electrons. The third-order valence-electron chi connectivity index (χ3n) is 8.36. The summed E-state index contributed by atoms with van der Waals surface area (Å²) < 4.78 is 14.8. The minimum Gasteiger partial charge on any atom is -0.313 e. The van der Waals surface area contributed by atoms with Crippen molar-refractivity contribution in [1.29, 1.82) is 0 Å². The van der Waals surface area contributed by atoms with Crippen molar-refractivity contribution in [2.24, 2.45) is 0 Å². The third-order valence-corrected chi connectivity index (χ3v) is 11.9. The highest BCUT2D eigenvalue weighted by Gasteiger charge is 2.31. The van der Waals surface area contributed by atoms with Crippen molar-refractivity contribution < 1.29 is 4.57 Å². The van der Waals surface area contributed by atoms with Gasteiger partial charge in [0.15, 0.2) is 0 Å². The zero-order valence-corrected chi connectivity index (χ0v) is 24.2.